The molecule has 2 aliphatic heterocycles. The van der Waals surface area contributed by atoms with Crippen LogP contribution in [0.4, 0.5) is 5.69 Å². The highest BCUT2D eigenvalue weighted by Gasteiger charge is 2.23. The molecule has 1 aromatic heterocycles. The molecular weight excluding hydrogens is 462 g/mol. The number of ether oxygens (including phenoxy) is 2. The number of amides is 1. The summed E-state index contributed by atoms with van der Waals surface area (Å²) in [5.74, 6) is 1.51. The fraction of sp³-hybridized carbons (Fsp3) is 0.261. The van der Waals surface area contributed by atoms with Crippen LogP contribution in [0, 0.1) is 0 Å². The Hall–Kier alpha value is -3.08. The average molecular weight is 486 g/mol. The number of hydrogen-bond acceptors (Lipinski definition) is 7. The molecule has 0 radical (unpaired) electrons. The Labute approximate surface area is 196 Å². The van der Waals surface area contributed by atoms with Crippen molar-refractivity contribution in [2.75, 3.05) is 37.7 Å². The van der Waals surface area contributed by atoms with Gasteiger partial charge in [-0.15, -0.1) is 11.3 Å². The molecule has 172 valence electrons. The summed E-state index contributed by atoms with van der Waals surface area (Å²) >= 11 is 1.15. The molecule has 2 aromatic carbocycles. The first-order valence-electron chi connectivity index (χ1n) is 10.5. The number of thiophene rings is 1. The van der Waals surface area contributed by atoms with E-state index in [2.05, 4.69) is 9.62 Å². The summed E-state index contributed by atoms with van der Waals surface area (Å²) in [4.78, 5) is 17.1. The van der Waals surface area contributed by atoms with Gasteiger partial charge in [-0.25, -0.2) is 8.42 Å². The van der Waals surface area contributed by atoms with Crippen molar-refractivity contribution in [2.45, 2.75) is 10.8 Å². The van der Waals surface area contributed by atoms with Crippen LogP contribution in [0.1, 0.15) is 15.9 Å². The van der Waals surface area contributed by atoms with E-state index in [0.717, 1.165) is 48.0 Å². The molecule has 1 amide bonds. The highest BCUT2D eigenvalue weighted by molar-refractivity contribution is 7.94. The maximum Gasteiger partial charge on any atom is 0.271 e. The number of fused-ring (bicyclic) bond motifs is 1. The first-order chi connectivity index (χ1) is 16.0. The van der Waals surface area contributed by atoms with Gasteiger partial charge in [-0.1, -0.05) is 12.1 Å². The number of piperazine rings is 1. The SMILES string of the molecule is O=C(c1ccc(NS(=O)(=O)c2cccs2)cc1)N1CCN(Cc2ccc3c(c2)OCO3)CC1. The van der Waals surface area contributed by atoms with E-state index < -0.39 is 10.0 Å². The van der Waals surface area contributed by atoms with Gasteiger partial charge >= 0.3 is 0 Å². The van der Waals surface area contributed by atoms with E-state index in [9.17, 15) is 13.2 Å². The Kier molecular flexibility index (Phi) is 5.96. The molecule has 0 saturated carbocycles. The number of carbonyl (C=O) groups is 1. The molecule has 0 bridgehead atoms. The molecule has 2 aliphatic rings. The second-order valence-corrected chi connectivity index (χ2v) is 10.7. The molecule has 8 nitrogen and oxygen atoms in total. The number of rotatable bonds is 6. The van der Waals surface area contributed by atoms with E-state index in [-0.39, 0.29) is 16.9 Å². The van der Waals surface area contributed by atoms with Gasteiger partial charge in [-0.2, -0.15) is 0 Å². The van der Waals surface area contributed by atoms with E-state index in [1.54, 1.807) is 41.8 Å². The van der Waals surface area contributed by atoms with Gasteiger partial charge in [0.2, 0.25) is 6.79 Å². The number of sulfonamides is 1. The number of nitrogens with zero attached hydrogens (tertiary/aromatic N) is 2. The topological polar surface area (TPSA) is 88.2 Å². The lowest BCUT2D eigenvalue weighted by Gasteiger charge is -2.34. The third kappa shape index (κ3) is 4.82. The average Bonchev–Trinajstić information content (AvgIpc) is 3.52. The van der Waals surface area contributed by atoms with Crippen molar-refractivity contribution < 1.29 is 22.7 Å². The van der Waals surface area contributed by atoms with E-state index in [1.165, 1.54) is 0 Å². The molecule has 33 heavy (non-hydrogen) atoms. The van der Waals surface area contributed by atoms with Crippen LogP contribution in [-0.4, -0.2) is 57.1 Å². The number of hydrogen-bond donors (Lipinski definition) is 1. The fourth-order valence-corrected chi connectivity index (χ4v) is 5.94. The van der Waals surface area contributed by atoms with Crippen molar-refractivity contribution >= 4 is 33.0 Å². The molecule has 1 N–H and O–H groups in total. The Balaban J connectivity index is 1.15. The molecule has 3 heterocycles. The van der Waals surface area contributed by atoms with Crippen molar-refractivity contribution in [1.82, 2.24) is 9.80 Å². The minimum atomic E-state index is -3.61. The normalized spacial score (nSPS) is 16.1. The van der Waals surface area contributed by atoms with Crippen molar-refractivity contribution in [2.24, 2.45) is 0 Å². The van der Waals surface area contributed by atoms with Crippen LogP contribution in [0.25, 0.3) is 0 Å². The molecular formula is C23H23N3O5S2. The molecule has 3 aromatic rings. The Morgan fingerprint density at radius 1 is 0.970 bits per heavy atom. The summed E-state index contributed by atoms with van der Waals surface area (Å²) in [6.07, 6.45) is 0. The first-order valence-corrected chi connectivity index (χ1v) is 12.9. The molecule has 0 spiro atoms. The summed E-state index contributed by atoms with van der Waals surface area (Å²) in [5.41, 5.74) is 2.12. The lowest BCUT2D eigenvalue weighted by molar-refractivity contribution is 0.0628. The number of carbonyl (C=O) groups excluding carboxylic acids is 1. The van der Waals surface area contributed by atoms with Gasteiger partial charge in [-0.3, -0.25) is 14.4 Å². The second kappa shape index (κ2) is 9.05. The molecule has 5 rings (SSSR count). The van der Waals surface area contributed by atoms with E-state index in [1.807, 2.05) is 23.1 Å². The summed E-state index contributed by atoms with van der Waals surface area (Å²) in [6, 6.07) is 15.8. The smallest absolute Gasteiger partial charge is 0.271 e. The Morgan fingerprint density at radius 3 is 2.45 bits per heavy atom. The zero-order valence-corrected chi connectivity index (χ0v) is 19.4. The van der Waals surface area contributed by atoms with Crippen molar-refractivity contribution in [1.29, 1.82) is 0 Å². The van der Waals surface area contributed by atoms with Gasteiger partial charge < -0.3 is 14.4 Å². The fourth-order valence-electron chi connectivity index (χ4n) is 3.89. The standard InChI is InChI=1S/C23H23N3O5S2/c27-23(18-4-6-19(7-5-18)24-33(28,29)22-2-1-13-32-22)26-11-9-25(10-12-26)15-17-3-8-20-21(14-17)31-16-30-20/h1-8,13-14,24H,9-12,15-16H2. The molecule has 0 atom stereocenters. The predicted molar refractivity (Wildman–Crippen MR) is 125 cm³/mol. The summed E-state index contributed by atoms with van der Waals surface area (Å²) in [7, 11) is -3.61. The highest BCUT2D eigenvalue weighted by atomic mass is 32.2. The molecule has 0 unspecified atom stereocenters. The zero-order valence-electron chi connectivity index (χ0n) is 17.8. The van der Waals surface area contributed by atoms with Crippen LogP contribution < -0.4 is 14.2 Å². The molecule has 10 heteroatoms. The summed E-state index contributed by atoms with van der Waals surface area (Å²) in [6.45, 7) is 3.88. The first kappa shape index (κ1) is 21.7. The van der Waals surface area contributed by atoms with Crippen LogP contribution in [-0.2, 0) is 16.6 Å². The molecule has 1 saturated heterocycles. The van der Waals surface area contributed by atoms with Crippen LogP contribution in [0.5, 0.6) is 11.5 Å². The van der Waals surface area contributed by atoms with Crippen LogP contribution >= 0.6 is 11.3 Å². The Morgan fingerprint density at radius 2 is 1.73 bits per heavy atom. The minimum absolute atomic E-state index is 0.0506. The lowest BCUT2D eigenvalue weighted by atomic mass is 10.1. The minimum Gasteiger partial charge on any atom is -0.454 e. The van der Waals surface area contributed by atoms with E-state index >= 15 is 0 Å². The number of benzene rings is 2. The molecule has 1 fully saturated rings. The van der Waals surface area contributed by atoms with E-state index in [4.69, 9.17) is 9.47 Å². The van der Waals surface area contributed by atoms with Gasteiger partial charge in [0, 0.05) is 44.0 Å². The maximum atomic E-state index is 12.9. The predicted octanol–water partition coefficient (Wildman–Crippen LogP) is 3.24. The zero-order chi connectivity index (χ0) is 22.8. The van der Waals surface area contributed by atoms with Gasteiger partial charge in [0.1, 0.15) is 4.21 Å². The Bertz CT molecular complexity index is 1240. The van der Waals surface area contributed by atoms with E-state index in [0.29, 0.717) is 24.3 Å². The maximum absolute atomic E-state index is 12.9. The second-order valence-electron chi connectivity index (χ2n) is 7.87. The van der Waals surface area contributed by atoms with Gasteiger partial charge in [0.25, 0.3) is 15.9 Å². The number of anilines is 1. The highest BCUT2D eigenvalue weighted by Crippen LogP contribution is 2.33. The summed E-state index contributed by atoms with van der Waals surface area (Å²) < 4.78 is 38.3. The van der Waals surface area contributed by atoms with Gasteiger partial charge in [-0.05, 0) is 53.4 Å². The lowest BCUT2D eigenvalue weighted by Crippen LogP contribution is -2.48. The third-order valence-corrected chi connectivity index (χ3v) is 8.43. The van der Waals surface area contributed by atoms with Crippen LogP contribution in [0.15, 0.2) is 64.2 Å². The number of nitrogens with one attached hydrogen (secondary N) is 1. The summed E-state index contributed by atoms with van der Waals surface area (Å²) in [5, 5.41) is 1.71. The van der Waals surface area contributed by atoms with Crippen molar-refractivity contribution in [3.63, 3.8) is 0 Å². The molecule has 0 aliphatic carbocycles. The monoisotopic (exact) mass is 485 g/mol. The van der Waals surface area contributed by atoms with Crippen LogP contribution in [0.2, 0.25) is 0 Å². The largest absolute Gasteiger partial charge is 0.454 e. The quantitative estimate of drug-likeness (QED) is 0.577. The van der Waals surface area contributed by atoms with Crippen molar-refractivity contribution in [3.05, 3.63) is 71.1 Å². The van der Waals surface area contributed by atoms with Gasteiger partial charge in [0.15, 0.2) is 11.5 Å². The third-order valence-electron chi connectivity index (χ3n) is 5.65. The van der Waals surface area contributed by atoms with Gasteiger partial charge in [0.05, 0.1) is 0 Å². The van der Waals surface area contributed by atoms with Crippen LogP contribution in [0.3, 0.4) is 0 Å². The van der Waals surface area contributed by atoms with Crippen molar-refractivity contribution in [3.8, 4) is 11.5 Å².